The summed E-state index contributed by atoms with van der Waals surface area (Å²) in [6, 6.07) is 0. The van der Waals surface area contributed by atoms with Crippen LogP contribution < -0.4 is 11.1 Å². The molecule has 0 aliphatic rings. The third kappa shape index (κ3) is 16.9. The summed E-state index contributed by atoms with van der Waals surface area (Å²) >= 11 is 0. The number of alkyl carbamates (subject to hydrolysis) is 1. The number of carbonyl (C=O) groups excluding carboxylic acids is 1. The van der Waals surface area contributed by atoms with Gasteiger partial charge in [-0.1, -0.05) is 37.0 Å². The van der Waals surface area contributed by atoms with E-state index in [0.717, 1.165) is 5.57 Å². The minimum atomic E-state index is -0.432. The lowest BCUT2D eigenvalue weighted by atomic mass is 10.2. The number of hydrogen-bond acceptors (Lipinski definition) is 3. The molecule has 4 nitrogen and oxygen atoms in total. The van der Waals surface area contributed by atoms with E-state index in [4.69, 9.17) is 10.5 Å². The van der Waals surface area contributed by atoms with Crippen LogP contribution in [0.15, 0.2) is 37.0 Å². The Morgan fingerprint density at radius 1 is 1.39 bits per heavy atom. The van der Waals surface area contributed by atoms with E-state index >= 15 is 0 Å². The van der Waals surface area contributed by atoms with E-state index in [2.05, 4.69) is 18.5 Å². The third-order valence-corrected chi connectivity index (χ3v) is 1.52. The Morgan fingerprint density at radius 3 is 2.22 bits per heavy atom. The highest BCUT2D eigenvalue weighted by Crippen LogP contribution is 2.05. The molecule has 0 spiro atoms. The van der Waals surface area contributed by atoms with Crippen LogP contribution in [-0.4, -0.2) is 24.8 Å². The maximum absolute atomic E-state index is 10.8. The fourth-order valence-corrected chi connectivity index (χ4v) is 0.742. The first-order chi connectivity index (χ1) is 8.26. The Morgan fingerprint density at radius 2 is 1.94 bits per heavy atom. The summed E-state index contributed by atoms with van der Waals surface area (Å²) in [5.74, 6) is 0. The quantitative estimate of drug-likeness (QED) is 0.758. The minimum absolute atomic E-state index is 0.414. The zero-order valence-electron chi connectivity index (χ0n) is 12.0. The molecule has 0 aliphatic heterocycles. The van der Waals surface area contributed by atoms with Crippen molar-refractivity contribution < 1.29 is 9.53 Å². The number of ether oxygens (including phenoxy) is 1. The lowest BCUT2D eigenvalue weighted by Gasteiger charge is -2.19. The molecule has 0 atom stereocenters. The van der Waals surface area contributed by atoms with Crippen molar-refractivity contribution in [3.8, 4) is 0 Å². The number of allylic oxidation sites excluding steroid dienone is 4. The second kappa shape index (κ2) is 10.6. The van der Waals surface area contributed by atoms with Gasteiger partial charge in [0.1, 0.15) is 5.60 Å². The van der Waals surface area contributed by atoms with Crippen molar-refractivity contribution in [2.75, 3.05) is 13.1 Å². The van der Waals surface area contributed by atoms with Crippen molar-refractivity contribution in [2.24, 2.45) is 5.73 Å². The highest BCUT2D eigenvalue weighted by Gasteiger charge is 2.14. The van der Waals surface area contributed by atoms with Crippen molar-refractivity contribution in [2.45, 2.75) is 33.3 Å². The van der Waals surface area contributed by atoms with Crippen molar-refractivity contribution in [1.82, 2.24) is 5.32 Å². The van der Waals surface area contributed by atoms with Crippen molar-refractivity contribution in [1.29, 1.82) is 0 Å². The standard InChI is InChI=1S/C7H16N2O2.C7H10/c1-7(2,3)11-6(10)9-5-4-8;1-4-6-7(3)5-2/h4-5,8H2,1-3H3,(H,9,10);4-6H,1-2H2,3H3/b;7-6-. The van der Waals surface area contributed by atoms with E-state index < -0.39 is 11.7 Å². The fraction of sp³-hybridized carbons (Fsp3) is 0.500. The summed E-state index contributed by atoms with van der Waals surface area (Å²) < 4.78 is 4.93. The number of nitrogens with one attached hydrogen (secondary N) is 1. The molecule has 0 saturated heterocycles. The summed E-state index contributed by atoms with van der Waals surface area (Å²) in [6.07, 6.45) is 5.04. The third-order valence-electron chi connectivity index (χ3n) is 1.52. The molecule has 0 rings (SSSR count). The van der Waals surface area contributed by atoms with Crippen LogP contribution in [0.3, 0.4) is 0 Å². The molecule has 0 heterocycles. The van der Waals surface area contributed by atoms with Gasteiger partial charge in [0.05, 0.1) is 0 Å². The summed E-state index contributed by atoms with van der Waals surface area (Å²) in [6.45, 7) is 15.4. The van der Waals surface area contributed by atoms with Gasteiger partial charge in [0.25, 0.3) is 0 Å². The zero-order valence-corrected chi connectivity index (χ0v) is 12.0. The van der Waals surface area contributed by atoms with Crippen molar-refractivity contribution >= 4 is 6.09 Å². The molecule has 0 bridgehead atoms. The van der Waals surface area contributed by atoms with Gasteiger partial charge in [-0.2, -0.15) is 0 Å². The largest absolute Gasteiger partial charge is 0.444 e. The molecule has 0 aromatic heterocycles. The van der Waals surface area contributed by atoms with Crippen LogP contribution in [0.5, 0.6) is 0 Å². The first kappa shape index (κ1) is 18.8. The van der Waals surface area contributed by atoms with E-state index in [0.29, 0.717) is 13.1 Å². The van der Waals surface area contributed by atoms with Crippen molar-refractivity contribution in [3.05, 3.63) is 37.0 Å². The predicted molar refractivity (Wildman–Crippen MR) is 77.4 cm³/mol. The van der Waals surface area contributed by atoms with Gasteiger partial charge in [-0.05, 0) is 27.7 Å². The fourth-order valence-electron chi connectivity index (χ4n) is 0.742. The maximum Gasteiger partial charge on any atom is 0.407 e. The van der Waals surface area contributed by atoms with Crippen LogP contribution >= 0.6 is 0 Å². The highest BCUT2D eigenvalue weighted by atomic mass is 16.6. The molecule has 0 fully saturated rings. The lowest BCUT2D eigenvalue weighted by Crippen LogP contribution is -2.35. The summed E-state index contributed by atoms with van der Waals surface area (Å²) in [5, 5.41) is 2.50. The van der Waals surface area contributed by atoms with Gasteiger partial charge >= 0.3 is 6.09 Å². The van der Waals surface area contributed by atoms with Gasteiger partial charge in [-0.3, -0.25) is 0 Å². The normalized spacial score (nSPS) is 10.8. The molecular formula is C14H26N2O2. The molecule has 3 N–H and O–H groups in total. The van der Waals surface area contributed by atoms with Gasteiger partial charge in [-0.25, -0.2) is 4.79 Å². The van der Waals surface area contributed by atoms with Gasteiger partial charge < -0.3 is 15.8 Å². The second-order valence-electron chi connectivity index (χ2n) is 4.57. The number of carbonyl (C=O) groups is 1. The number of rotatable bonds is 4. The SMILES string of the molecule is C=C/C=C(/C)C=C.CC(C)(C)OC(=O)NCCN. The van der Waals surface area contributed by atoms with E-state index in [1.807, 2.05) is 33.8 Å². The monoisotopic (exact) mass is 254 g/mol. The van der Waals surface area contributed by atoms with E-state index in [1.165, 1.54) is 0 Å². The predicted octanol–water partition coefficient (Wildman–Crippen LogP) is 2.77. The van der Waals surface area contributed by atoms with Crippen LogP contribution in [-0.2, 0) is 4.74 Å². The number of amides is 1. The lowest BCUT2D eigenvalue weighted by molar-refractivity contribution is 0.0529. The molecule has 18 heavy (non-hydrogen) atoms. The molecule has 104 valence electrons. The van der Waals surface area contributed by atoms with Gasteiger partial charge in [0, 0.05) is 13.1 Å². The van der Waals surface area contributed by atoms with Gasteiger partial charge in [0.2, 0.25) is 0 Å². The molecule has 0 saturated carbocycles. The molecule has 0 aliphatic carbocycles. The van der Waals surface area contributed by atoms with Crippen LogP contribution in [0.4, 0.5) is 4.79 Å². The van der Waals surface area contributed by atoms with E-state index in [-0.39, 0.29) is 0 Å². The number of nitrogens with two attached hydrogens (primary N) is 1. The average Bonchev–Trinajstić information content (AvgIpc) is 2.25. The molecule has 0 radical (unpaired) electrons. The Labute approximate surface area is 111 Å². The molecular weight excluding hydrogens is 228 g/mol. The second-order valence-corrected chi connectivity index (χ2v) is 4.57. The van der Waals surface area contributed by atoms with E-state index in [9.17, 15) is 4.79 Å². The molecule has 0 aromatic rings. The first-order valence-electron chi connectivity index (χ1n) is 5.85. The van der Waals surface area contributed by atoms with Crippen LogP contribution in [0, 0.1) is 0 Å². The Bertz CT molecular complexity index is 289. The Kier molecular flexibility index (Phi) is 11.1. The highest BCUT2D eigenvalue weighted by molar-refractivity contribution is 5.67. The summed E-state index contributed by atoms with van der Waals surface area (Å²) in [5.41, 5.74) is 5.89. The van der Waals surface area contributed by atoms with Crippen molar-refractivity contribution in [3.63, 3.8) is 0 Å². The van der Waals surface area contributed by atoms with Crippen LogP contribution in [0.25, 0.3) is 0 Å². The molecule has 4 heteroatoms. The van der Waals surface area contributed by atoms with Gasteiger partial charge in [0.15, 0.2) is 0 Å². The van der Waals surface area contributed by atoms with Crippen LogP contribution in [0.2, 0.25) is 0 Å². The zero-order chi connectivity index (χ0) is 14.6. The maximum atomic E-state index is 10.8. The molecule has 0 unspecified atom stereocenters. The summed E-state index contributed by atoms with van der Waals surface area (Å²) in [7, 11) is 0. The van der Waals surface area contributed by atoms with Crippen LogP contribution in [0.1, 0.15) is 27.7 Å². The Hall–Kier alpha value is -1.55. The topological polar surface area (TPSA) is 64.3 Å². The minimum Gasteiger partial charge on any atom is -0.444 e. The van der Waals surface area contributed by atoms with Gasteiger partial charge in [-0.15, -0.1) is 0 Å². The number of hydrogen-bond donors (Lipinski definition) is 2. The Balaban J connectivity index is 0. The smallest absolute Gasteiger partial charge is 0.407 e. The molecule has 0 aromatic carbocycles. The first-order valence-corrected chi connectivity index (χ1v) is 5.85. The molecule has 1 amide bonds. The average molecular weight is 254 g/mol. The van der Waals surface area contributed by atoms with E-state index in [1.54, 1.807) is 12.2 Å². The summed E-state index contributed by atoms with van der Waals surface area (Å²) in [4.78, 5) is 10.8.